The van der Waals surface area contributed by atoms with Crippen molar-refractivity contribution in [3.63, 3.8) is 0 Å². The van der Waals surface area contributed by atoms with Gasteiger partial charge >= 0.3 is 0 Å². The van der Waals surface area contributed by atoms with E-state index < -0.39 is 0 Å². The summed E-state index contributed by atoms with van der Waals surface area (Å²) < 4.78 is 0. The van der Waals surface area contributed by atoms with Crippen LogP contribution in [0.5, 0.6) is 0 Å². The third-order valence-corrected chi connectivity index (χ3v) is 3.54. The largest absolute Gasteiger partial charge is 0.399 e. The van der Waals surface area contributed by atoms with Gasteiger partial charge in [-0.05, 0) is 30.7 Å². The molecule has 0 aliphatic rings. The van der Waals surface area contributed by atoms with E-state index in [9.17, 15) is 0 Å². The molecule has 21 heavy (non-hydrogen) atoms. The summed E-state index contributed by atoms with van der Waals surface area (Å²) in [5, 5.41) is 1.02. The van der Waals surface area contributed by atoms with Gasteiger partial charge in [-0.25, -0.2) is 9.97 Å². The summed E-state index contributed by atoms with van der Waals surface area (Å²) in [5.74, 6) is 0.917. The molecule has 3 rings (SSSR count). The van der Waals surface area contributed by atoms with Crippen LogP contribution in [-0.4, -0.2) is 17.0 Å². The maximum atomic E-state index is 5.81. The average Bonchev–Trinajstić information content (AvgIpc) is 2.48. The van der Waals surface area contributed by atoms with Gasteiger partial charge in [0.2, 0.25) is 0 Å². The highest BCUT2D eigenvalue weighted by Gasteiger charge is 2.09. The molecular formula is C17H18N4. The fraction of sp³-hybridized carbons (Fsp3) is 0.176. The Morgan fingerprint density at radius 1 is 1.05 bits per heavy atom. The molecule has 0 atom stereocenters. The number of anilines is 2. The van der Waals surface area contributed by atoms with Crippen LogP contribution in [0.1, 0.15) is 11.1 Å². The minimum Gasteiger partial charge on any atom is -0.399 e. The van der Waals surface area contributed by atoms with E-state index in [4.69, 9.17) is 5.73 Å². The lowest BCUT2D eigenvalue weighted by Crippen LogP contribution is -2.18. The van der Waals surface area contributed by atoms with Crippen molar-refractivity contribution in [1.82, 2.24) is 9.97 Å². The molecule has 4 nitrogen and oxygen atoms in total. The van der Waals surface area contributed by atoms with Crippen LogP contribution in [0.2, 0.25) is 0 Å². The van der Waals surface area contributed by atoms with Crippen molar-refractivity contribution in [1.29, 1.82) is 0 Å². The number of benzene rings is 2. The molecule has 4 heteroatoms. The molecule has 0 aliphatic heterocycles. The molecule has 1 aromatic heterocycles. The van der Waals surface area contributed by atoms with E-state index in [0.29, 0.717) is 5.69 Å². The van der Waals surface area contributed by atoms with Crippen LogP contribution in [0.3, 0.4) is 0 Å². The number of rotatable bonds is 3. The Kier molecular flexibility index (Phi) is 3.44. The second-order valence-electron chi connectivity index (χ2n) is 5.32. The quantitative estimate of drug-likeness (QED) is 0.748. The Labute approximate surface area is 124 Å². The van der Waals surface area contributed by atoms with E-state index in [1.807, 2.05) is 25.2 Å². The third kappa shape index (κ3) is 2.79. The zero-order valence-corrected chi connectivity index (χ0v) is 12.2. The van der Waals surface area contributed by atoms with E-state index in [1.54, 1.807) is 6.33 Å². The predicted molar refractivity (Wildman–Crippen MR) is 87.2 cm³/mol. The second-order valence-corrected chi connectivity index (χ2v) is 5.32. The fourth-order valence-electron chi connectivity index (χ4n) is 2.41. The zero-order chi connectivity index (χ0) is 14.8. The molecule has 0 saturated carbocycles. The van der Waals surface area contributed by atoms with Crippen molar-refractivity contribution in [2.24, 2.45) is 0 Å². The Morgan fingerprint density at radius 3 is 2.57 bits per heavy atom. The molecule has 106 valence electrons. The van der Waals surface area contributed by atoms with Crippen LogP contribution in [0.15, 0.2) is 48.8 Å². The number of fused-ring (bicyclic) bond motifs is 1. The number of hydrogen-bond donors (Lipinski definition) is 1. The first-order valence-electron chi connectivity index (χ1n) is 6.90. The van der Waals surface area contributed by atoms with Gasteiger partial charge in [-0.1, -0.05) is 29.8 Å². The smallest absolute Gasteiger partial charge is 0.139 e. The molecule has 0 fully saturated rings. The standard InChI is InChI=1S/C17H18N4/c1-12-3-5-13(6-4-12)10-21(2)17-15-8-7-14(18)9-16(15)19-11-20-17/h3-9,11H,10,18H2,1-2H3. The van der Waals surface area contributed by atoms with Crippen molar-refractivity contribution in [3.05, 3.63) is 59.9 Å². The highest BCUT2D eigenvalue weighted by atomic mass is 15.2. The van der Waals surface area contributed by atoms with Gasteiger partial charge in [0.1, 0.15) is 12.1 Å². The SMILES string of the molecule is Cc1ccc(CN(C)c2ncnc3cc(N)ccc23)cc1. The molecule has 0 radical (unpaired) electrons. The van der Waals surface area contributed by atoms with Crippen molar-refractivity contribution in [2.75, 3.05) is 17.7 Å². The summed E-state index contributed by atoms with van der Waals surface area (Å²) in [5.41, 5.74) is 9.92. The van der Waals surface area contributed by atoms with Crippen molar-refractivity contribution < 1.29 is 0 Å². The van der Waals surface area contributed by atoms with E-state index in [-0.39, 0.29) is 0 Å². The van der Waals surface area contributed by atoms with Crippen LogP contribution in [0, 0.1) is 6.92 Å². The van der Waals surface area contributed by atoms with E-state index in [0.717, 1.165) is 23.3 Å². The van der Waals surface area contributed by atoms with Gasteiger partial charge in [0.05, 0.1) is 5.52 Å². The maximum absolute atomic E-state index is 5.81. The number of nitrogen functional groups attached to an aromatic ring is 1. The summed E-state index contributed by atoms with van der Waals surface area (Å²) in [6, 6.07) is 14.3. The number of aryl methyl sites for hydroxylation is 1. The molecule has 0 unspecified atom stereocenters. The van der Waals surface area contributed by atoms with E-state index in [1.165, 1.54) is 11.1 Å². The first-order valence-corrected chi connectivity index (χ1v) is 6.90. The highest BCUT2D eigenvalue weighted by molar-refractivity contribution is 5.91. The van der Waals surface area contributed by atoms with Gasteiger partial charge in [-0.2, -0.15) is 0 Å². The fourth-order valence-corrected chi connectivity index (χ4v) is 2.41. The van der Waals surface area contributed by atoms with Gasteiger partial charge in [0.25, 0.3) is 0 Å². The monoisotopic (exact) mass is 278 g/mol. The lowest BCUT2D eigenvalue weighted by Gasteiger charge is -2.20. The van der Waals surface area contributed by atoms with Gasteiger partial charge in [-0.15, -0.1) is 0 Å². The number of aromatic nitrogens is 2. The molecule has 2 N–H and O–H groups in total. The van der Waals surface area contributed by atoms with E-state index in [2.05, 4.69) is 46.1 Å². The van der Waals surface area contributed by atoms with Crippen molar-refractivity contribution in [2.45, 2.75) is 13.5 Å². The first kappa shape index (κ1) is 13.4. The molecule has 0 bridgehead atoms. The molecule has 0 saturated heterocycles. The van der Waals surface area contributed by atoms with E-state index >= 15 is 0 Å². The van der Waals surface area contributed by atoms with Gasteiger partial charge in [-0.3, -0.25) is 0 Å². The normalized spacial score (nSPS) is 10.8. The summed E-state index contributed by atoms with van der Waals surface area (Å²) in [6.45, 7) is 2.90. The Morgan fingerprint density at radius 2 is 1.81 bits per heavy atom. The lowest BCUT2D eigenvalue weighted by molar-refractivity contribution is 0.900. The number of nitrogens with two attached hydrogens (primary N) is 1. The van der Waals surface area contributed by atoms with Crippen LogP contribution < -0.4 is 10.6 Å². The van der Waals surface area contributed by atoms with Crippen LogP contribution in [0.25, 0.3) is 10.9 Å². The maximum Gasteiger partial charge on any atom is 0.139 e. The van der Waals surface area contributed by atoms with Gasteiger partial charge in [0, 0.05) is 24.7 Å². The first-order chi connectivity index (χ1) is 10.1. The lowest BCUT2D eigenvalue weighted by atomic mass is 10.1. The summed E-state index contributed by atoms with van der Waals surface area (Å²) >= 11 is 0. The van der Waals surface area contributed by atoms with Crippen LogP contribution in [-0.2, 0) is 6.54 Å². The predicted octanol–water partition coefficient (Wildman–Crippen LogP) is 3.16. The Hall–Kier alpha value is -2.62. The summed E-state index contributed by atoms with van der Waals surface area (Å²) in [7, 11) is 2.04. The topological polar surface area (TPSA) is 55.0 Å². The molecule has 2 aromatic carbocycles. The zero-order valence-electron chi connectivity index (χ0n) is 12.2. The second kappa shape index (κ2) is 5.40. The van der Waals surface area contributed by atoms with Gasteiger partial charge in [0.15, 0.2) is 0 Å². The minimum absolute atomic E-state index is 0.716. The minimum atomic E-state index is 0.716. The molecule has 0 amide bonds. The van der Waals surface area contributed by atoms with Crippen LogP contribution in [0.4, 0.5) is 11.5 Å². The Bertz CT molecular complexity index is 765. The highest BCUT2D eigenvalue weighted by Crippen LogP contribution is 2.24. The molecule has 0 aliphatic carbocycles. The number of nitrogens with zero attached hydrogens (tertiary/aromatic N) is 3. The average molecular weight is 278 g/mol. The third-order valence-electron chi connectivity index (χ3n) is 3.54. The molecule has 3 aromatic rings. The Balaban J connectivity index is 1.94. The molecule has 0 spiro atoms. The van der Waals surface area contributed by atoms with Crippen LogP contribution >= 0.6 is 0 Å². The number of hydrogen-bond acceptors (Lipinski definition) is 4. The van der Waals surface area contributed by atoms with Crippen molar-refractivity contribution in [3.8, 4) is 0 Å². The van der Waals surface area contributed by atoms with Gasteiger partial charge < -0.3 is 10.6 Å². The molecule has 1 heterocycles. The summed E-state index contributed by atoms with van der Waals surface area (Å²) in [4.78, 5) is 10.8. The van der Waals surface area contributed by atoms with Crippen molar-refractivity contribution >= 4 is 22.4 Å². The summed E-state index contributed by atoms with van der Waals surface area (Å²) in [6.07, 6.45) is 1.59. The molecular weight excluding hydrogens is 260 g/mol.